The van der Waals surface area contributed by atoms with E-state index in [2.05, 4.69) is 10.2 Å². The van der Waals surface area contributed by atoms with Gasteiger partial charge >= 0.3 is 0 Å². The molecule has 5 rings (SSSR count). The Morgan fingerprint density at radius 1 is 1.03 bits per heavy atom. The van der Waals surface area contributed by atoms with Crippen molar-refractivity contribution in [3.8, 4) is 11.5 Å². The van der Waals surface area contributed by atoms with Crippen LogP contribution >= 0.6 is 0 Å². The summed E-state index contributed by atoms with van der Waals surface area (Å²) in [5, 5.41) is 3.10. The summed E-state index contributed by atoms with van der Waals surface area (Å²) in [5.41, 5.74) is 2.35. The van der Waals surface area contributed by atoms with E-state index >= 15 is 0 Å². The third-order valence-electron chi connectivity index (χ3n) is 6.62. The molecular weight excluding hydrogens is 458 g/mol. The van der Waals surface area contributed by atoms with Crippen molar-refractivity contribution in [3.05, 3.63) is 82.8 Å². The molecule has 8 heteroatoms. The number of carbonyl (C=O) groups is 2. The summed E-state index contributed by atoms with van der Waals surface area (Å²) >= 11 is 0. The van der Waals surface area contributed by atoms with Crippen molar-refractivity contribution in [2.75, 3.05) is 26.7 Å². The van der Waals surface area contributed by atoms with Crippen molar-refractivity contribution in [1.29, 1.82) is 0 Å². The quantitative estimate of drug-likeness (QED) is 0.592. The molecule has 4 bridgehead atoms. The predicted octanol–water partition coefficient (Wildman–Crippen LogP) is 3.66. The third-order valence-corrected chi connectivity index (χ3v) is 6.62. The van der Waals surface area contributed by atoms with Crippen LogP contribution in [0.3, 0.4) is 0 Å². The molecule has 2 aromatic carbocycles. The number of nitrogens with zero attached hydrogens (tertiary/aromatic N) is 2. The highest BCUT2D eigenvalue weighted by Gasteiger charge is 2.35. The van der Waals surface area contributed by atoms with Crippen molar-refractivity contribution in [2.24, 2.45) is 0 Å². The lowest BCUT2D eigenvalue weighted by molar-refractivity contribution is -0.123. The Kier molecular flexibility index (Phi) is 6.80. The van der Waals surface area contributed by atoms with Crippen molar-refractivity contribution < 1.29 is 23.5 Å². The fourth-order valence-corrected chi connectivity index (χ4v) is 4.71. The molecule has 0 unspecified atom stereocenters. The van der Waals surface area contributed by atoms with Gasteiger partial charge in [-0.05, 0) is 61.4 Å². The molecule has 0 aliphatic carbocycles. The van der Waals surface area contributed by atoms with Gasteiger partial charge in [0, 0.05) is 25.7 Å². The molecule has 3 heterocycles. The van der Waals surface area contributed by atoms with Crippen molar-refractivity contribution in [3.63, 3.8) is 0 Å². The maximum atomic E-state index is 13.1. The zero-order valence-corrected chi connectivity index (χ0v) is 20.8. The van der Waals surface area contributed by atoms with E-state index in [1.807, 2.05) is 56.3 Å². The molecule has 3 aromatic rings. The van der Waals surface area contributed by atoms with Crippen LogP contribution < -0.4 is 10.1 Å². The summed E-state index contributed by atoms with van der Waals surface area (Å²) in [6.07, 6.45) is -0.210. The zero-order chi connectivity index (χ0) is 25.2. The number of amides is 2. The Labute approximate surface area is 210 Å². The minimum atomic E-state index is -0.245. The number of likely N-dealkylation sites (tertiary alicyclic amines) is 1. The maximum absolute atomic E-state index is 13.1. The van der Waals surface area contributed by atoms with E-state index < -0.39 is 0 Å². The molecule has 2 amide bonds. The van der Waals surface area contributed by atoms with Gasteiger partial charge in [0.05, 0.1) is 31.8 Å². The van der Waals surface area contributed by atoms with Crippen LogP contribution in [-0.4, -0.2) is 60.4 Å². The molecular formula is C28H31N3O5. The molecule has 188 valence electrons. The first-order valence-corrected chi connectivity index (χ1v) is 12.2. The largest absolute Gasteiger partial charge is 0.465 e. The van der Waals surface area contributed by atoms with Crippen LogP contribution in [0.25, 0.3) is 0 Å². The molecule has 2 atom stereocenters. The first-order chi connectivity index (χ1) is 17.3. The normalized spacial score (nSPS) is 21.1. The van der Waals surface area contributed by atoms with Crippen LogP contribution in [0, 0.1) is 13.8 Å². The highest BCUT2D eigenvalue weighted by molar-refractivity contribution is 5.96. The van der Waals surface area contributed by atoms with Gasteiger partial charge in [-0.3, -0.25) is 14.5 Å². The van der Waals surface area contributed by atoms with E-state index in [-0.39, 0.29) is 30.5 Å². The number of carbonyl (C=O) groups excluding carboxylic acids is 2. The van der Waals surface area contributed by atoms with Gasteiger partial charge in [-0.15, -0.1) is 0 Å². The van der Waals surface area contributed by atoms with Gasteiger partial charge in [0.1, 0.15) is 23.0 Å². The number of rotatable bonds is 2. The Hall–Kier alpha value is -3.62. The number of furan rings is 1. The van der Waals surface area contributed by atoms with Gasteiger partial charge in [0.25, 0.3) is 5.91 Å². The van der Waals surface area contributed by atoms with E-state index in [1.165, 1.54) is 4.90 Å². The van der Waals surface area contributed by atoms with E-state index in [0.29, 0.717) is 43.3 Å². The first-order valence-electron chi connectivity index (χ1n) is 12.2. The molecule has 1 saturated heterocycles. The van der Waals surface area contributed by atoms with E-state index in [1.54, 1.807) is 19.2 Å². The van der Waals surface area contributed by atoms with Gasteiger partial charge in [0.15, 0.2) is 0 Å². The second-order valence-corrected chi connectivity index (χ2v) is 9.62. The maximum Gasteiger partial charge on any atom is 0.254 e. The topological polar surface area (TPSA) is 84.3 Å². The number of fused-ring (bicyclic) bond motifs is 5. The van der Waals surface area contributed by atoms with Crippen molar-refractivity contribution in [2.45, 2.75) is 39.1 Å². The van der Waals surface area contributed by atoms with E-state index in [4.69, 9.17) is 13.9 Å². The van der Waals surface area contributed by atoms with E-state index in [9.17, 15) is 9.59 Å². The summed E-state index contributed by atoms with van der Waals surface area (Å²) in [6, 6.07) is 16.8. The van der Waals surface area contributed by atoms with Crippen LogP contribution in [0.2, 0.25) is 0 Å². The zero-order valence-electron chi connectivity index (χ0n) is 20.8. The lowest BCUT2D eigenvalue weighted by Crippen LogP contribution is -2.48. The molecule has 2 aliphatic heterocycles. The minimum Gasteiger partial charge on any atom is -0.465 e. The second-order valence-electron chi connectivity index (χ2n) is 9.62. The first kappa shape index (κ1) is 24.1. The molecule has 0 radical (unpaired) electrons. The molecule has 1 N–H and O–H groups in total. The monoisotopic (exact) mass is 489 g/mol. The van der Waals surface area contributed by atoms with Gasteiger partial charge in [-0.1, -0.05) is 18.2 Å². The molecule has 0 saturated carbocycles. The van der Waals surface area contributed by atoms with Gasteiger partial charge in [-0.25, -0.2) is 0 Å². The highest BCUT2D eigenvalue weighted by Crippen LogP contribution is 2.28. The Morgan fingerprint density at radius 2 is 1.89 bits per heavy atom. The summed E-state index contributed by atoms with van der Waals surface area (Å²) in [6.45, 7) is 6.10. The van der Waals surface area contributed by atoms with Crippen LogP contribution in [0.1, 0.15) is 33.0 Å². The third kappa shape index (κ3) is 5.45. The average molecular weight is 490 g/mol. The molecule has 1 fully saturated rings. The summed E-state index contributed by atoms with van der Waals surface area (Å²) in [4.78, 5) is 29.6. The van der Waals surface area contributed by atoms with Crippen LogP contribution in [0.15, 0.2) is 59.0 Å². The van der Waals surface area contributed by atoms with Gasteiger partial charge in [0.2, 0.25) is 5.91 Å². The lowest BCUT2D eigenvalue weighted by Gasteiger charge is -2.23. The smallest absolute Gasteiger partial charge is 0.254 e. The molecule has 1 aromatic heterocycles. The second kappa shape index (κ2) is 10.2. The number of aryl methyl sites for hydroxylation is 2. The molecule has 2 aliphatic rings. The molecule has 0 spiro atoms. The molecule has 8 nitrogen and oxygen atoms in total. The SMILES string of the molecule is Cc1ccc(CN2C[C@@H]3NC(=O)CN(C)C(=O)c4ccc(C)c(c4)Oc4cccc(c4)CO[C@H]3C2)o1. The number of nitrogens with one attached hydrogen (secondary N) is 1. The lowest BCUT2D eigenvalue weighted by atomic mass is 10.1. The van der Waals surface area contributed by atoms with E-state index in [0.717, 1.165) is 22.6 Å². The number of hydrogen-bond donors (Lipinski definition) is 1. The van der Waals surface area contributed by atoms with Crippen LogP contribution in [0.4, 0.5) is 0 Å². The summed E-state index contributed by atoms with van der Waals surface area (Å²) < 4.78 is 18.2. The van der Waals surface area contributed by atoms with Crippen molar-refractivity contribution in [1.82, 2.24) is 15.1 Å². The predicted molar refractivity (Wildman–Crippen MR) is 134 cm³/mol. The molecule has 36 heavy (non-hydrogen) atoms. The Balaban J connectivity index is 1.41. The van der Waals surface area contributed by atoms with Crippen LogP contribution in [0.5, 0.6) is 11.5 Å². The minimum absolute atomic E-state index is 0.0530. The number of benzene rings is 2. The fraction of sp³-hybridized carbons (Fsp3) is 0.357. The summed E-state index contributed by atoms with van der Waals surface area (Å²) in [7, 11) is 1.63. The Morgan fingerprint density at radius 3 is 2.69 bits per heavy atom. The Bertz CT molecular complexity index is 1270. The fourth-order valence-electron chi connectivity index (χ4n) is 4.71. The number of ether oxygens (including phenoxy) is 2. The van der Waals surface area contributed by atoms with Gasteiger partial charge < -0.3 is 24.1 Å². The summed E-state index contributed by atoms with van der Waals surface area (Å²) in [5.74, 6) is 2.56. The van der Waals surface area contributed by atoms with Gasteiger partial charge in [-0.2, -0.15) is 0 Å². The van der Waals surface area contributed by atoms with Crippen molar-refractivity contribution >= 4 is 11.8 Å². The standard InChI is InChI=1S/C28H31N3O5/c1-18-7-9-21-12-25(18)36-22-6-4-5-20(11-22)17-34-26-15-31(13-23-10-8-19(2)35-23)14-24(26)29-27(32)16-30(3)28(21)33/h4-12,24,26H,13-17H2,1-3H3,(H,29,32)/t24-,26-/m0/s1. The average Bonchev–Trinajstić information content (AvgIpc) is 3.43. The number of likely N-dealkylation sites (N-methyl/N-ethyl adjacent to an activating group) is 1. The van der Waals surface area contributed by atoms with Crippen LogP contribution in [-0.2, 0) is 22.7 Å². The number of hydrogen-bond acceptors (Lipinski definition) is 6. The highest BCUT2D eigenvalue weighted by atomic mass is 16.5.